The molecule has 1 aliphatic heterocycles. The second-order valence-electron chi connectivity index (χ2n) is 8.07. The average Bonchev–Trinajstić information content (AvgIpc) is 3.08. The first-order valence-corrected chi connectivity index (χ1v) is 10.9. The Morgan fingerprint density at radius 2 is 1.79 bits per heavy atom. The summed E-state index contributed by atoms with van der Waals surface area (Å²) < 4.78 is 19.7. The van der Waals surface area contributed by atoms with Crippen molar-refractivity contribution in [3.63, 3.8) is 0 Å². The molecule has 3 aromatic rings. The number of phenolic OH excluding ortho intramolecular Hbond substituents is 1. The molecule has 1 heterocycles. The van der Waals surface area contributed by atoms with Gasteiger partial charge in [0.2, 0.25) is 0 Å². The smallest absolute Gasteiger partial charge is 0.300 e. The highest BCUT2D eigenvalue weighted by atomic mass is 19.1. The van der Waals surface area contributed by atoms with E-state index in [1.807, 2.05) is 13.8 Å². The summed E-state index contributed by atoms with van der Waals surface area (Å²) in [6, 6.07) is 15.3. The van der Waals surface area contributed by atoms with Crippen molar-refractivity contribution in [1.82, 2.24) is 0 Å². The Balaban J connectivity index is 1.88. The van der Waals surface area contributed by atoms with E-state index in [2.05, 4.69) is 0 Å². The van der Waals surface area contributed by atoms with Gasteiger partial charge in [0.25, 0.3) is 11.7 Å². The summed E-state index contributed by atoms with van der Waals surface area (Å²) in [7, 11) is 0. The minimum absolute atomic E-state index is 0.00440. The highest BCUT2D eigenvalue weighted by Crippen LogP contribution is 2.42. The molecule has 6 nitrogen and oxygen atoms in total. The van der Waals surface area contributed by atoms with Crippen molar-refractivity contribution in [2.24, 2.45) is 0 Å². The van der Waals surface area contributed by atoms with Gasteiger partial charge in [-0.25, -0.2) is 4.39 Å². The van der Waals surface area contributed by atoms with E-state index in [0.29, 0.717) is 23.5 Å². The lowest BCUT2D eigenvalue weighted by atomic mass is 9.94. The predicted molar refractivity (Wildman–Crippen MR) is 126 cm³/mol. The first kappa shape index (κ1) is 23.0. The molecule has 2 N–H and O–H groups in total. The molecule has 1 aliphatic rings. The van der Waals surface area contributed by atoms with Crippen LogP contribution in [0.15, 0.2) is 72.3 Å². The number of aryl methyl sites for hydroxylation is 1. The number of carbonyl (C=O) groups excluding carboxylic acids is 2. The molecule has 1 amide bonds. The van der Waals surface area contributed by atoms with Crippen LogP contribution in [0.25, 0.3) is 5.76 Å². The van der Waals surface area contributed by atoms with Gasteiger partial charge in [-0.15, -0.1) is 0 Å². The normalized spacial score (nSPS) is 17.3. The molecule has 1 atom stereocenters. The molecule has 7 heteroatoms. The molecule has 0 radical (unpaired) electrons. The lowest BCUT2D eigenvalue weighted by Crippen LogP contribution is -2.29. The number of ketones is 1. The first-order chi connectivity index (χ1) is 16.3. The van der Waals surface area contributed by atoms with E-state index in [4.69, 9.17) is 4.74 Å². The van der Waals surface area contributed by atoms with Crippen LogP contribution in [0, 0.1) is 12.7 Å². The molecule has 34 heavy (non-hydrogen) atoms. The fourth-order valence-corrected chi connectivity index (χ4v) is 4.02. The van der Waals surface area contributed by atoms with Gasteiger partial charge in [-0.05, 0) is 73.0 Å². The largest absolute Gasteiger partial charge is 0.508 e. The van der Waals surface area contributed by atoms with Gasteiger partial charge in [-0.2, -0.15) is 0 Å². The standard InChI is InChI=1S/C27H24FNO5/c1-3-13-34-22-12-9-18(14-16(22)2)25(31)23-24(17-7-10-21(30)11-8-17)29(27(33)26(23)32)20-6-4-5-19(28)15-20/h4-12,14-15,24,30-31H,3,13H2,1-2H3/b25-23+. The van der Waals surface area contributed by atoms with E-state index in [1.54, 1.807) is 30.3 Å². The van der Waals surface area contributed by atoms with E-state index in [-0.39, 0.29) is 22.8 Å². The van der Waals surface area contributed by atoms with Crippen molar-refractivity contribution in [2.75, 3.05) is 11.5 Å². The zero-order valence-corrected chi connectivity index (χ0v) is 18.8. The number of Topliss-reactive ketones (excluding diaryl/α,β-unsaturated/α-hetero) is 1. The number of halogens is 1. The minimum Gasteiger partial charge on any atom is -0.508 e. The number of anilines is 1. The third-order valence-corrected chi connectivity index (χ3v) is 5.65. The van der Waals surface area contributed by atoms with E-state index in [0.717, 1.165) is 23.0 Å². The zero-order chi connectivity index (χ0) is 24.4. The minimum atomic E-state index is -1.02. The predicted octanol–water partition coefficient (Wildman–Crippen LogP) is 5.25. The number of aliphatic hydroxyl groups is 1. The Morgan fingerprint density at radius 1 is 1.06 bits per heavy atom. The van der Waals surface area contributed by atoms with Crippen LogP contribution in [0.1, 0.15) is 36.1 Å². The molecule has 1 fully saturated rings. The van der Waals surface area contributed by atoms with Gasteiger partial charge in [-0.3, -0.25) is 14.5 Å². The van der Waals surface area contributed by atoms with E-state index < -0.39 is 23.5 Å². The molecule has 174 valence electrons. The maximum absolute atomic E-state index is 14.0. The maximum Gasteiger partial charge on any atom is 0.300 e. The quantitative estimate of drug-likeness (QED) is 0.297. The Kier molecular flexibility index (Phi) is 6.36. The molecule has 0 spiro atoms. The molecule has 3 aromatic carbocycles. The van der Waals surface area contributed by atoms with Gasteiger partial charge in [0.05, 0.1) is 18.2 Å². The molecular formula is C27H24FNO5. The fraction of sp³-hybridized carbons (Fsp3) is 0.185. The van der Waals surface area contributed by atoms with Crippen LogP contribution in [0.2, 0.25) is 0 Å². The SMILES string of the molecule is CCCOc1ccc(/C(O)=C2\C(=O)C(=O)N(c3cccc(F)c3)C2c2ccc(O)cc2)cc1C. The summed E-state index contributed by atoms with van der Waals surface area (Å²) in [5, 5.41) is 20.9. The number of hydrogen-bond acceptors (Lipinski definition) is 5. The summed E-state index contributed by atoms with van der Waals surface area (Å²) in [4.78, 5) is 27.4. The number of aliphatic hydroxyl groups excluding tert-OH is 1. The van der Waals surface area contributed by atoms with Gasteiger partial charge >= 0.3 is 0 Å². The first-order valence-electron chi connectivity index (χ1n) is 10.9. The van der Waals surface area contributed by atoms with Crippen molar-refractivity contribution < 1.29 is 28.9 Å². The highest BCUT2D eigenvalue weighted by molar-refractivity contribution is 6.51. The van der Waals surface area contributed by atoms with Gasteiger partial charge in [0.1, 0.15) is 23.1 Å². The number of carbonyl (C=O) groups is 2. The number of hydrogen-bond donors (Lipinski definition) is 2. The van der Waals surface area contributed by atoms with Crippen molar-refractivity contribution in [1.29, 1.82) is 0 Å². The van der Waals surface area contributed by atoms with E-state index >= 15 is 0 Å². The number of nitrogens with zero attached hydrogens (tertiary/aromatic N) is 1. The number of phenols is 1. The van der Waals surface area contributed by atoms with Crippen LogP contribution >= 0.6 is 0 Å². The van der Waals surface area contributed by atoms with Gasteiger partial charge in [0.15, 0.2) is 0 Å². The molecule has 4 rings (SSSR count). The van der Waals surface area contributed by atoms with Gasteiger partial charge in [-0.1, -0.05) is 25.1 Å². The fourth-order valence-electron chi connectivity index (χ4n) is 4.02. The summed E-state index contributed by atoms with van der Waals surface area (Å²) >= 11 is 0. The number of benzene rings is 3. The van der Waals surface area contributed by atoms with Crippen molar-refractivity contribution in [3.05, 3.63) is 94.8 Å². The molecule has 1 unspecified atom stereocenters. The Hall–Kier alpha value is -4.13. The molecule has 0 aromatic heterocycles. The second-order valence-corrected chi connectivity index (χ2v) is 8.07. The third kappa shape index (κ3) is 4.24. The summed E-state index contributed by atoms with van der Waals surface area (Å²) in [5.41, 5.74) is 1.64. The molecular weight excluding hydrogens is 437 g/mol. The Bertz CT molecular complexity index is 1280. The molecule has 1 saturated heterocycles. The third-order valence-electron chi connectivity index (χ3n) is 5.65. The molecule has 0 saturated carbocycles. The summed E-state index contributed by atoms with van der Waals surface area (Å²) in [5.74, 6) is -2.02. The van der Waals surface area contributed by atoms with Crippen molar-refractivity contribution in [2.45, 2.75) is 26.3 Å². The van der Waals surface area contributed by atoms with Crippen LogP contribution in [0.5, 0.6) is 11.5 Å². The summed E-state index contributed by atoms with van der Waals surface area (Å²) in [6.45, 7) is 4.37. The lowest BCUT2D eigenvalue weighted by molar-refractivity contribution is -0.132. The number of ether oxygens (including phenoxy) is 1. The monoisotopic (exact) mass is 461 g/mol. The molecule has 0 bridgehead atoms. The topological polar surface area (TPSA) is 87.1 Å². The average molecular weight is 461 g/mol. The van der Waals surface area contributed by atoms with Crippen molar-refractivity contribution in [3.8, 4) is 11.5 Å². The van der Waals surface area contributed by atoms with Crippen LogP contribution < -0.4 is 9.64 Å². The maximum atomic E-state index is 14.0. The van der Waals surface area contributed by atoms with Crippen LogP contribution in [-0.4, -0.2) is 28.5 Å². The Labute approximate surface area is 196 Å². The number of rotatable bonds is 6. The summed E-state index contributed by atoms with van der Waals surface area (Å²) in [6.07, 6.45) is 0.845. The number of amides is 1. The second kappa shape index (κ2) is 9.39. The lowest BCUT2D eigenvalue weighted by Gasteiger charge is -2.25. The van der Waals surface area contributed by atoms with Gasteiger partial charge < -0.3 is 14.9 Å². The van der Waals surface area contributed by atoms with Gasteiger partial charge in [0, 0.05) is 11.3 Å². The van der Waals surface area contributed by atoms with Crippen LogP contribution in [0.4, 0.5) is 10.1 Å². The van der Waals surface area contributed by atoms with E-state index in [1.165, 1.54) is 30.3 Å². The molecule has 0 aliphatic carbocycles. The zero-order valence-electron chi connectivity index (χ0n) is 18.8. The Morgan fingerprint density at radius 3 is 2.44 bits per heavy atom. The van der Waals surface area contributed by atoms with E-state index in [9.17, 15) is 24.2 Å². The number of aromatic hydroxyl groups is 1. The van der Waals surface area contributed by atoms with Crippen LogP contribution in [0.3, 0.4) is 0 Å². The van der Waals surface area contributed by atoms with Crippen LogP contribution in [-0.2, 0) is 9.59 Å². The highest BCUT2D eigenvalue weighted by Gasteiger charge is 2.47. The van der Waals surface area contributed by atoms with Crippen molar-refractivity contribution >= 4 is 23.1 Å².